The van der Waals surface area contributed by atoms with Crippen molar-refractivity contribution in [3.63, 3.8) is 0 Å². The minimum atomic E-state index is -1.94. The van der Waals surface area contributed by atoms with E-state index in [1.165, 1.54) is 32.9 Å². The number of esters is 1. The van der Waals surface area contributed by atoms with Gasteiger partial charge < -0.3 is 68.1 Å². The van der Waals surface area contributed by atoms with Gasteiger partial charge in [-0.3, -0.25) is 14.8 Å². The van der Waals surface area contributed by atoms with E-state index in [-0.39, 0.29) is 19.3 Å². The number of cyclic esters (lactones) is 1. The molecular weight excluding hydrogens is 1010 g/mol. The Morgan fingerprint density at radius 2 is 1.62 bits per heavy atom. The summed E-state index contributed by atoms with van der Waals surface area (Å²) in [7, 11) is 7.88. The lowest BCUT2D eigenvalue weighted by molar-refractivity contribution is -0.319. The van der Waals surface area contributed by atoms with Crippen molar-refractivity contribution in [3.8, 4) is 11.3 Å². The average molecular weight is 1100 g/mol. The quantitative estimate of drug-likeness (QED) is 0.0915. The first-order valence-electron chi connectivity index (χ1n) is 27.3. The van der Waals surface area contributed by atoms with Crippen molar-refractivity contribution in [2.24, 2.45) is 28.8 Å². The molecular formula is C56H88FN7O14. The van der Waals surface area contributed by atoms with E-state index < -0.39 is 133 Å². The predicted octanol–water partition coefficient (Wildman–Crippen LogP) is 5.43. The van der Waals surface area contributed by atoms with Crippen molar-refractivity contribution < 1.29 is 72.3 Å². The molecule has 5 heterocycles. The Hall–Kier alpha value is -4.17. The van der Waals surface area contributed by atoms with Crippen LogP contribution in [0, 0.1) is 23.7 Å². The number of aliphatic hydroxyl groups is 4. The van der Waals surface area contributed by atoms with Gasteiger partial charge in [-0.25, -0.2) is 9.07 Å². The summed E-state index contributed by atoms with van der Waals surface area (Å²) in [5, 5.41) is 60.8. The number of aliphatic hydroxyl groups excluding tert-OH is 3. The molecule has 3 aliphatic rings. The highest BCUT2D eigenvalue weighted by atomic mass is 19.1. The van der Waals surface area contributed by atoms with Crippen molar-refractivity contribution in [2.75, 3.05) is 48.7 Å². The first-order chi connectivity index (χ1) is 36.9. The van der Waals surface area contributed by atoms with Crippen molar-refractivity contribution in [1.82, 2.24) is 29.9 Å². The average Bonchev–Trinajstić information content (AvgIpc) is 3.90. The van der Waals surface area contributed by atoms with Crippen LogP contribution in [0.5, 0.6) is 0 Å². The summed E-state index contributed by atoms with van der Waals surface area (Å²) >= 11 is 0. The molecule has 4 N–H and O–H groups in total. The van der Waals surface area contributed by atoms with Gasteiger partial charge in [-0.05, 0) is 73.4 Å². The minimum absolute atomic E-state index is 0.0916. The maximum atomic E-state index is 15.0. The SMILES string of the molecule is CC[C@H]1OC(=O)[C@H](C)[C@@H](O[C@H]2C[C@@](C)(OC)[C@@H](O)[C@H](C)O2)[C@H](C)[C@@H](O[C@@H]2O[C@H](C)C[C@H](N(C)CCc3cn([C@H](CF)[C@H](OC)c4ccc(-c5cnccn5)cc4)nn3)[C@H]2O)[C@](C)(OC)C[C@@H](C)/C(=N\OC)[C@H](C)[C@@H](O)[C@]1(C)O. The van der Waals surface area contributed by atoms with Gasteiger partial charge in [0.15, 0.2) is 12.6 Å². The zero-order chi connectivity index (χ0) is 57.4. The Bertz CT molecular complexity index is 2370. The lowest BCUT2D eigenvalue weighted by atomic mass is 9.73. The minimum Gasteiger partial charge on any atom is -0.459 e. The zero-order valence-electron chi connectivity index (χ0n) is 48.3. The van der Waals surface area contributed by atoms with E-state index in [1.807, 2.05) is 63.9 Å². The molecule has 3 aliphatic heterocycles. The highest BCUT2D eigenvalue weighted by Crippen LogP contribution is 2.42. The molecule has 0 bridgehead atoms. The number of rotatable bonds is 18. The number of benzene rings is 1. The van der Waals surface area contributed by atoms with Gasteiger partial charge in [0.05, 0.1) is 70.9 Å². The molecule has 0 saturated carbocycles. The van der Waals surface area contributed by atoms with E-state index in [1.54, 1.807) is 66.5 Å². The normalized spacial score (nSPS) is 37.9. The molecule has 438 valence electrons. The number of hydrogen-bond acceptors (Lipinski definition) is 20. The van der Waals surface area contributed by atoms with Crippen LogP contribution in [0.15, 0.2) is 54.2 Å². The van der Waals surface area contributed by atoms with Gasteiger partial charge in [0, 0.05) is 88.7 Å². The number of methoxy groups -OCH3 is 3. The number of likely N-dealkylation sites (N-methyl/N-ethyl adjacent to an activating group) is 1. The Morgan fingerprint density at radius 3 is 2.22 bits per heavy atom. The second kappa shape index (κ2) is 27.1. The van der Waals surface area contributed by atoms with Gasteiger partial charge in [-0.2, -0.15) is 0 Å². The van der Waals surface area contributed by atoms with Gasteiger partial charge in [-0.15, -0.1) is 5.10 Å². The molecule has 3 fully saturated rings. The molecule has 3 aromatic rings. The number of nitrogens with zero attached hydrogens (tertiary/aromatic N) is 7. The summed E-state index contributed by atoms with van der Waals surface area (Å²) in [6.45, 7) is 17.2. The lowest BCUT2D eigenvalue weighted by Gasteiger charge is -2.50. The topological polar surface area (TPSA) is 253 Å². The molecule has 0 aliphatic carbocycles. The van der Waals surface area contributed by atoms with Crippen LogP contribution in [0.3, 0.4) is 0 Å². The Balaban J connectivity index is 1.29. The van der Waals surface area contributed by atoms with Crippen LogP contribution in [0.2, 0.25) is 0 Å². The third-order valence-electron chi connectivity index (χ3n) is 16.9. The predicted molar refractivity (Wildman–Crippen MR) is 285 cm³/mol. The second-order valence-electron chi connectivity index (χ2n) is 22.5. The van der Waals surface area contributed by atoms with E-state index >= 15 is 0 Å². The van der Waals surface area contributed by atoms with E-state index in [4.69, 9.17) is 42.7 Å². The van der Waals surface area contributed by atoms with E-state index in [0.717, 1.165) is 11.1 Å². The van der Waals surface area contributed by atoms with Gasteiger partial charge in [0.1, 0.15) is 49.8 Å². The fourth-order valence-corrected chi connectivity index (χ4v) is 11.9. The number of aromatic nitrogens is 5. The van der Waals surface area contributed by atoms with E-state index in [9.17, 15) is 29.6 Å². The standard InChI is InChI=1S/C56H88FN7O14/c1-16-43-56(10,69)49(66)33(4)45(61-73-15)31(2)26-55(9,72-14)51(34(5)47(35(6)52(68)76-43)77-44-27-54(8,71-13)50(67)36(7)75-44)78-53-46(65)41(25-32(3)74-53)63(11)24-21-39-30-64(62-60-39)42(28-57)48(70-12)38-19-17-37(18-20-38)40-29-58-22-23-59-40/h17-20,22-23,29-36,41-44,46-51,53,65-67,69H,16,21,24-28H2,1-15H3/b61-45+/t31-,32-,33+,34+,35-,36+,41+,42-,43-,44+,46-,47+,48-,49-,50+,51-,53+,54-,55-,56-/m1/s1. The summed E-state index contributed by atoms with van der Waals surface area (Å²) in [5.41, 5.74) is -0.954. The van der Waals surface area contributed by atoms with Crippen molar-refractivity contribution in [1.29, 1.82) is 0 Å². The molecule has 1 aromatic carbocycles. The van der Waals surface area contributed by atoms with Crippen LogP contribution in [0.25, 0.3) is 11.3 Å². The number of alkyl halides is 1. The fraction of sp³-hybridized carbons (Fsp3) is 0.750. The third-order valence-corrected chi connectivity index (χ3v) is 16.9. The summed E-state index contributed by atoms with van der Waals surface area (Å²) in [4.78, 5) is 30.5. The molecule has 20 atom stereocenters. The molecule has 6 rings (SSSR count). The Morgan fingerprint density at radius 1 is 0.923 bits per heavy atom. The number of carbonyl (C=O) groups excluding carboxylic acids is 1. The maximum absolute atomic E-state index is 15.0. The Kier molecular flexibility index (Phi) is 21.9. The molecule has 3 saturated heterocycles. The molecule has 0 radical (unpaired) electrons. The zero-order valence-corrected chi connectivity index (χ0v) is 48.3. The Labute approximate surface area is 459 Å². The highest BCUT2D eigenvalue weighted by molar-refractivity contribution is 5.88. The third kappa shape index (κ3) is 13.9. The largest absolute Gasteiger partial charge is 0.459 e. The van der Waals surface area contributed by atoms with E-state index in [0.29, 0.717) is 36.5 Å². The van der Waals surface area contributed by atoms with Crippen LogP contribution in [-0.4, -0.2) is 195 Å². The molecule has 0 spiro atoms. The second-order valence-corrected chi connectivity index (χ2v) is 22.5. The number of hydrogen-bond donors (Lipinski definition) is 4. The van der Waals surface area contributed by atoms with Crippen LogP contribution in [0.4, 0.5) is 4.39 Å². The smallest absolute Gasteiger partial charge is 0.311 e. The summed E-state index contributed by atoms with van der Waals surface area (Å²) < 4.78 is 67.6. The molecule has 21 nitrogen and oxygen atoms in total. The van der Waals surface area contributed by atoms with Crippen LogP contribution < -0.4 is 0 Å². The molecule has 2 aromatic heterocycles. The molecule has 0 amide bonds. The number of ether oxygens (including phenoxy) is 8. The number of oxime groups is 1. The van der Waals surface area contributed by atoms with E-state index in [2.05, 4.69) is 25.4 Å². The molecule has 22 heteroatoms. The number of carbonyl (C=O) groups is 1. The van der Waals surface area contributed by atoms with Crippen molar-refractivity contribution in [2.45, 2.75) is 198 Å². The van der Waals surface area contributed by atoms with Crippen molar-refractivity contribution >= 4 is 11.7 Å². The summed E-state index contributed by atoms with van der Waals surface area (Å²) in [6, 6.07) is 6.23. The number of halogens is 1. The van der Waals surface area contributed by atoms with Gasteiger partial charge in [-0.1, -0.05) is 62.3 Å². The van der Waals surface area contributed by atoms with Gasteiger partial charge in [0.2, 0.25) is 0 Å². The fourth-order valence-electron chi connectivity index (χ4n) is 11.9. The molecule has 0 unspecified atom stereocenters. The first-order valence-corrected chi connectivity index (χ1v) is 27.3. The van der Waals surface area contributed by atoms with Crippen LogP contribution in [-0.2, 0) is 53.9 Å². The monoisotopic (exact) mass is 1100 g/mol. The van der Waals surface area contributed by atoms with Gasteiger partial charge >= 0.3 is 5.97 Å². The van der Waals surface area contributed by atoms with Crippen molar-refractivity contribution in [3.05, 3.63) is 60.3 Å². The van der Waals surface area contributed by atoms with Gasteiger partial charge in [0.25, 0.3) is 0 Å². The first kappa shape index (κ1) is 63.0. The summed E-state index contributed by atoms with van der Waals surface area (Å²) in [5.74, 6) is -3.85. The van der Waals surface area contributed by atoms with Crippen LogP contribution in [0.1, 0.15) is 118 Å². The maximum Gasteiger partial charge on any atom is 0.311 e. The molecule has 78 heavy (non-hydrogen) atoms. The lowest BCUT2D eigenvalue weighted by Crippen LogP contribution is -2.61. The summed E-state index contributed by atoms with van der Waals surface area (Å²) in [6.07, 6.45) is -3.07. The highest BCUT2D eigenvalue weighted by Gasteiger charge is 2.54. The van der Waals surface area contributed by atoms with Crippen LogP contribution >= 0.6 is 0 Å².